The Morgan fingerprint density at radius 2 is 0.906 bits per heavy atom. The first-order valence-electron chi connectivity index (χ1n) is 10.9. The molecule has 158 valence electrons. The third-order valence-corrected chi connectivity index (χ3v) is 5.02. The van der Waals surface area contributed by atoms with Crippen molar-refractivity contribution in [1.29, 1.82) is 0 Å². The molecule has 4 aromatic rings. The van der Waals surface area contributed by atoms with Crippen LogP contribution in [0.15, 0.2) is 119 Å². The maximum Gasteiger partial charge on any atom is 0.0903 e. The molecule has 0 amide bonds. The van der Waals surface area contributed by atoms with E-state index < -0.39 is 0 Å². The summed E-state index contributed by atoms with van der Waals surface area (Å²) in [5.74, 6) is 0. The van der Waals surface area contributed by atoms with Gasteiger partial charge in [-0.25, -0.2) is 0 Å². The smallest absolute Gasteiger partial charge is 0.0903 e. The highest BCUT2D eigenvalue weighted by Gasteiger charge is 2.08. The second-order valence-electron chi connectivity index (χ2n) is 7.33. The molecule has 0 fully saturated rings. The maximum atomic E-state index is 4.89. The highest BCUT2D eigenvalue weighted by atomic mass is 14.8. The molecule has 0 saturated carbocycles. The number of hydrogen-bond acceptors (Lipinski definition) is 4. The number of pyridine rings is 2. The minimum Gasteiger partial charge on any atom is -0.282 e. The Morgan fingerprint density at radius 3 is 1.28 bits per heavy atom. The molecular weight excluding hydrogens is 392 g/mol. The predicted molar refractivity (Wildman–Crippen MR) is 132 cm³/mol. The SMILES string of the molecule is c1ccc(C(=NCCCCN=C(c2ccccc2)c2ccccn2)c2ccccn2)cc1. The Bertz CT molecular complexity index is 961. The number of aromatic nitrogens is 2. The Kier molecular flexibility index (Phi) is 7.64. The van der Waals surface area contributed by atoms with Crippen LogP contribution in [0.5, 0.6) is 0 Å². The standard InChI is InChI=1S/C28H26N4/c1-3-13-23(14-4-1)27(25-17-7-9-19-29-25)31-21-11-12-22-32-28(24-15-5-2-6-16-24)26-18-8-10-20-30-26/h1-10,13-20H,11-12,21-22H2. The van der Waals surface area contributed by atoms with E-state index in [0.717, 1.165) is 59.9 Å². The van der Waals surface area contributed by atoms with Gasteiger partial charge in [-0.3, -0.25) is 20.0 Å². The molecule has 0 aliphatic heterocycles. The van der Waals surface area contributed by atoms with E-state index in [-0.39, 0.29) is 0 Å². The van der Waals surface area contributed by atoms with E-state index in [1.807, 2.05) is 85.2 Å². The van der Waals surface area contributed by atoms with Gasteiger partial charge in [0.1, 0.15) is 0 Å². The lowest BCUT2D eigenvalue weighted by Gasteiger charge is -2.08. The van der Waals surface area contributed by atoms with Crippen molar-refractivity contribution in [1.82, 2.24) is 9.97 Å². The topological polar surface area (TPSA) is 50.5 Å². The second kappa shape index (κ2) is 11.5. The molecular formula is C28H26N4. The van der Waals surface area contributed by atoms with Crippen LogP contribution in [0, 0.1) is 0 Å². The van der Waals surface area contributed by atoms with E-state index in [4.69, 9.17) is 9.98 Å². The second-order valence-corrected chi connectivity index (χ2v) is 7.33. The van der Waals surface area contributed by atoms with Gasteiger partial charge in [0.25, 0.3) is 0 Å². The van der Waals surface area contributed by atoms with Gasteiger partial charge >= 0.3 is 0 Å². The molecule has 2 aromatic carbocycles. The zero-order valence-corrected chi connectivity index (χ0v) is 18.0. The van der Waals surface area contributed by atoms with E-state index in [0.29, 0.717) is 0 Å². The molecule has 2 heterocycles. The van der Waals surface area contributed by atoms with Gasteiger partial charge < -0.3 is 0 Å². The summed E-state index contributed by atoms with van der Waals surface area (Å²) in [6.07, 6.45) is 5.53. The summed E-state index contributed by atoms with van der Waals surface area (Å²) >= 11 is 0. The first-order valence-corrected chi connectivity index (χ1v) is 10.9. The predicted octanol–water partition coefficient (Wildman–Crippen LogP) is 5.63. The van der Waals surface area contributed by atoms with Gasteiger partial charge in [-0.15, -0.1) is 0 Å². The summed E-state index contributed by atoms with van der Waals surface area (Å²) in [7, 11) is 0. The lowest BCUT2D eigenvalue weighted by molar-refractivity contribution is 0.757. The fourth-order valence-corrected chi connectivity index (χ4v) is 3.44. The molecule has 0 bridgehead atoms. The third-order valence-electron chi connectivity index (χ3n) is 5.02. The zero-order chi connectivity index (χ0) is 21.8. The third kappa shape index (κ3) is 5.82. The summed E-state index contributed by atoms with van der Waals surface area (Å²) < 4.78 is 0. The first-order chi connectivity index (χ1) is 15.9. The normalized spacial score (nSPS) is 12.0. The maximum absolute atomic E-state index is 4.89. The van der Waals surface area contributed by atoms with Crippen LogP contribution in [0.2, 0.25) is 0 Å². The fourth-order valence-electron chi connectivity index (χ4n) is 3.44. The molecule has 4 nitrogen and oxygen atoms in total. The van der Waals surface area contributed by atoms with Crippen molar-refractivity contribution in [2.24, 2.45) is 9.98 Å². The molecule has 4 heteroatoms. The van der Waals surface area contributed by atoms with E-state index in [1.54, 1.807) is 0 Å². The molecule has 0 aliphatic carbocycles. The zero-order valence-electron chi connectivity index (χ0n) is 18.0. The van der Waals surface area contributed by atoms with Crippen LogP contribution in [-0.4, -0.2) is 34.5 Å². The van der Waals surface area contributed by atoms with Crippen LogP contribution >= 0.6 is 0 Å². The summed E-state index contributed by atoms with van der Waals surface area (Å²) in [4.78, 5) is 18.8. The van der Waals surface area contributed by atoms with Gasteiger partial charge in [-0.1, -0.05) is 72.8 Å². The summed E-state index contributed by atoms with van der Waals surface area (Å²) in [5, 5.41) is 0. The molecule has 2 aromatic heterocycles. The Hall–Kier alpha value is -3.92. The Labute approximate surface area is 189 Å². The van der Waals surface area contributed by atoms with Crippen LogP contribution in [0.4, 0.5) is 0 Å². The lowest BCUT2D eigenvalue weighted by atomic mass is 10.1. The van der Waals surface area contributed by atoms with E-state index >= 15 is 0 Å². The van der Waals surface area contributed by atoms with Crippen LogP contribution in [0.3, 0.4) is 0 Å². The molecule has 0 spiro atoms. The minimum absolute atomic E-state index is 0.737. The van der Waals surface area contributed by atoms with Gasteiger partial charge in [0.15, 0.2) is 0 Å². The van der Waals surface area contributed by atoms with Crippen molar-refractivity contribution >= 4 is 11.4 Å². The van der Waals surface area contributed by atoms with Crippen molar-refractivity contribution in [3.8, 4) is 0 Å². The number of hydrogen-bond donors (Lipinski definition) is 0. The summed E-state index contributed by atoms with van der Waals surface area (Å²) in [5.41, 5.74) is 5.86. The molecule has 0 unspecified atom stereocenters. The number of nitrogens with zero attached hydrogens (tertiary/aromatic N) is 4. The van der Waals surface area contributed by atoms with Gasteiger partial charge in [-0.2, -0.15) is 0 Å². The van der Waals surface area contributed by atoms with Crippen molar-refractivity contribution in [3.63, 3.8) is 0 Å². The quantitative estimate of drug-likeness (QED) is 0.261. The average Bonchev–Trinajstić information content (AvgIpc) is 2.88. The van der Waals surface area contributed by atoms with Crippen molar-refractivity contribution < 1.29 is 0 Å². The number of aliphatic imine (C=N–C) groups is 2. The van der Waals surface area contributed by atoms with E-state index in [2.05, 4.69) is 34.2 Å². The minimum atomic E-state index is 0.737. The van der Waals surface area contributed by atoms with Crippen LogP contribution < -0.4 is 0 Å². The Morgan fingerprint density at radius 1 is 0.500 bits per heavy atom. The highest BCUT2D eigenvalue weighted by molar-refractivity contribution is 6.12. The van der Waals surface area contributed by atoms with Gasteiger partial charge in [0.05, 0.1) is 22.8 Å². The number of rotatable bonds is 9. The monoisotopic (exact) mass is 418 g/mol. The van der Waals surface area contributed by atoms with Crippen molar-refractivity contribution in [2.75, 3.05) is 13.1 Å². The molecule has 0 radical (unpaired) electrons. The summed E-state index contributed by atoms with van der Waals surface area (Å²) in [6.45, 7) is 1.47. The van der Waals surface area contributed by atoms with Crippen LogP contribution in [0.25, 0.3) is 0 Å². The van der Waals surface area contributed by atoms with E-state index in [1.165, 1.54) is 0 Å². The van der Waals surface area contributed by atoms with Gasteiger partial charge in [0, 0.05) is 36.6 Å². The first kappa shape index (κ1) is 21.3. The van der Waals surface area contributed by atoms with Crippen molar-refractivity contribution in [2.45, 2.75) is 12.8 Å². The largest absolute Gasteiger partial charge is 0.282 e. The molecule has 0 aliphatic rings. The number of unbranched alkanes of at least 4 members (excludes halogenated alkanes) is 1. The Balaban J connectivity index is 1.43. The number of benzene rings is 2. The van der Waals surface area contributed by atoms with Crippen LogP contribution in [-0.2, 0) is 0 Å². The summed E-state index contributed by atoms with van der Waals surface area (Å²) in [6, 6.07) is 32.4. The van der Waals surface area contributed by atoms with Gasteiger partial charge in [-0.05, 0) is 37.1 Å². The van der Waals surface area contributed by atoms with E-state index in [9.17, 15) is 0 Å². The highest BCUT2D eigenvalue weighted by Crippen LogP contribution is 2.11. The molecule has 0 saturated heterocycles. The van der Waals surface area contributed by atoms with Crippen LogP contribution in [0.1, 0.15) is 35.4 Å². The van der Waals surface area contributed by atoms with Crippen molar-refractivity contribution in [3.05, 3.63) is 132 Å². The molecule has 32 heavy (non-hydrogen) atoms. The average molecular weight is 419 g/mol. The fraction of sp³-hybridized carbons (Fsp3) is 0.143. The lowest BCUT2D eigenvalue weighted by Crippen LogP contribution is -2.07. The van der Waals surface area contributed by atoms with Gasteiger partial charge in [0.2, 0.25) is 0 Å². The molecule has 0 atom stereocenters. The molecule has 4 rings (SSSR count). The molecule has 0 N–H and O–H groups in total.